The van der Waals surface area contributed by atoms with E-state index in [2.05, 4.69) is 10.2 Å². The highest BCUT2D eigenvalue weighted by atomic mass is 16.6. The van der Waals surface area contributed by atoms with Crippen LogP contribution in [0.3, 0.4) is 0 Å². The number of ether oxygens (including phenoxy) is 1. The number of aromatic nitrogens is 2. The van der Waals surface area contributed by atoms with E-state index in [-0.39, 0.29) is 23.1 Å². The molecule has 2 heterocycles. The molecule has 1 saturated heterocycles. The minimum Gasteiger partial charge on any atom is -0.507 e. The lowest BCUT2D eigenvalue weighted by Crippen LogP contribution is -2.44. The summed E-state index contributed by atoms with van der Waals surface area (Å²) >= 11 is 0. The van der Waals surface area contributed by atoms with Crippen LogP contribution in [-0.4, -0.2) is 50.8 Å². The number of phenols is 1. The summed E-state index contributed by atoms with van der Waals surface area (Å²) in [6.07, 6.45) is 1.03. The molecule has 1 amide bonds. The van der Waals surface area contributed by atoms with Gasteiger partial charge in [0.1, 0.15) is 17.0 Å². The Morgan fingerprint density at radius 2 is 1.90 bits per heavy atom. The molecule has 3 rings (SSSR count). The normalized spacial score (nSPS) is 17.0. The minimum absolute atomic E-state index is 0.126. The number of benzene rings is 1. The SMILES string of the molecule is Cc1ccc(-c2nnc(C(=O)[C@@H]3CCCN(C(=O)OC(C)(C)C)C3)cc2C)c(O)c1. The first kappa shape index (κ1) is 21.7. The maximum atomic E-state index is 13.0. The van der Waals surface area contributed by atoms with Gasteiger partial charge in [0.2, 0.25) is 0 Å². The van der Waals surface area contributed by atoms with E-state index in [1.165, 1.54) is 0 Å². The molecule has 0 spiro atoms. The predicted octanol–water partition coefficient (Wildman–Crippen LogP) is 4.30. The van der Waals surface area contributed by atoms with Crippen molar-refractivity contribution in [2.24, 2.45) is 5.92 Å². The zero-order chi connectivity index (χ0) is 22.1. The molecule has 0 aliphatic carbocycles. The van der Waals surface area contributed by atoms with Crippen molar-refractivity contribution < 1.29 is 19.4 Å². The molecule has 1 aliphatic rings. The third kappa shape index (κ3) is 4.96. The second-order valence-corrected chi connectivity index (χ2v) is 8.91. The van der Waals surface area contributed by atoms with Crippen molar-refractivity contribution in [2.45, 2.75) is 53.1 Å². The van der Waals surface area contributed by atoms with Crippen LogP contribution in [0.4, 0.5) is 4.79 Å². The lowest BCUT2D eigenvalue weighted by atomic mass is 9.91. The first-order valence-electron chi connectivity index (χ1n) is 10.2. The first-order chi connectivity index (χ1) is 14.0. The molecule has 0 saturated carbocycles. The monoisotopic (exact) mass is 411 g/mol. The molecule has 1 fully saturated rings. The minimum atomic E-state index is -0.575. The standard InChI is InChI=1S/C23H29N3O4/c1-14-8-9-17(19(27)11-14)20-15(2)12-18(24-25-20)21(28)16-7-6-10-26(13-16)22(29)30-23(3,4)5/h8-9,11-12,16,27H,6-7,10,13H2,1-5H3/t16-/m1/s1. The van der Waals surface area contributed by atoms with Crippen LogP contribution in [-0.2, 0) is 4.74 Å². The second kappa shape index (κ2) is 8.42. The lowest BCUT2D eigenvalue weighted by Gasteiger charge is -2.33. The molecule has 0 bridgehead atoms. The number of hydrogen-bond donors (Lipinski definition) is 1. The molecule has 1 atom stereocenters. The van der Waals surface area contributed by atoms with Crippen molar-refractivity contribution in [1.82, 2.24) is 15.1 Å². The van der Waals surface area contributed by atoms with Crippen LogP contribution < -0.4 is 0 Å². The Kier molecular flexibility index (Phi) is 6.10. The first-order valence-corrected chi connectivity index (χ1v) is 10.2. The maximum absolute atomic E-state index is 13.0. The highest BCUT2D eigenvalue weighted by Crippen LogP contribution is 2.31. The van der Waals surface area contributed by atoms with Gasteiger partial charge in [0.15, 0.2) is 5.78 Å². The van der Waals surface area contributed by atoms with Gasteiger partial charge < -0.3 is 14.7 Å². The highest BCUT2D eigenvalue weighted by molar-refractivity contribution is 5.97. The Morgan fingerprint density at radius 3 is 2.53 bits per heavy atom. The summed E-state index contributed by atoms with van der Waals surface area (Å²) in [6, 6.07) is 7.06. The zero-order valence-electron chi connectivity index (χ0n) is 18.2. The van der Waals surface area contributed by atoms with Crippen LogP contribution in [0.25, 0.3) is 11.3 Å². The number of ketones is 1. The summed E-state index contributed by atoms with van der Waals surface area (Å²) in [5, 5.41) is 18.6. The van der Waals surface area contributed by atoms with Gasteiger partial charge in [-0.2, -0.15) is 0 Å². The van der Waals surface area contributed by atoms with Gasteiger partial charge in [0.05, 0.1) is 5.69 Å². The average Bonchev–Trinajstić information content (AvgIpc) is 2.67. The van der Waals surface area contributed by atoms with Gasteiger partial charge in [-0.25, -0.2) is 4.79 Å². The van der Waals surface area contributed by atoms with Crippen LogP contribution in [0, 0.1) is 19.8 Å². The summed E-state index contributed by atoms with van der Waals surface area (Å²) in [5.74, 6) is -0.330. The number of carbonyl (C=O) groups excluding carboxylic acids is 2. The fourth-order valence-corrected chi connectivity index (χ4v) is 3.61. The van der Waals surface area contributed by atoms with Crippen molar-refractivity contribution in [1.29, 1.82) is 0 Å². The topological polar surface area (TPSA) is 92.6 Å². The number of phenolic OH excluding ortho intramolecular Hbond substituents is 1. The maximum Gasteiger partial charge on any atom is 0.410 e. The number of amides is 1. The molecule has 2 aromatic rings. The summed E-state index contributed by atoms with van der Waals surface area (Å²) in [7, 11) is 0. The van der Waals surface area contributed by atoms with Gasteiger partial charge in [0.25, 0.3) is 0 Å². The third-order valence-electron chi connectivity index (χ3n) is 5.09. The van der Waals surface area contributed by atoms with E-state index in [1.54, 1.807) is 23.1 Å². The molecule has 30 heavy (non-hydrogen) atoms. The van der Waals surface area contributed by atoms with Crippen molar-refractivity contribution in [2.75, 3.05) is 13.1 Å². The lowest BCUT2D eigenvalue weighted by molar-refractivity contribution is 0.0171. The molecule has 1 aliphatic heterocycles. The van der Waals surface area contributed by atoms with Gasteiger partial charge in [-0.3, -0.25) is 4.79 Å². The number of aromatic hydroxyl groups is 1. The van der Waals surface area contributed by atoms with Crippen molar-refractivity contribution >= 4 is 11.9 Å². The third-order valence-corrected chi connectivity index (χ3v) is 5.09. The molecule has 7 nitrogen and oxygen atoms in total. The van der Waals surface area contributed by atoms with E-state index in [4.69, 9.17) is 4.74 Å². The fraction of sp³-hybridized carbons (Fsp3) is 0.478. The molecule has 1 aromatic heterocycles. The number of rotatable bonds is 3. The van der Waals surface area contributed by atoms with Crippen LogP contribution in [0.15, 0.2) is 24.3 Å². The Morgan fingerprint density at radius 1 is 1.17 bits per heavy atom. The number of likely N-dealkylation sites (tertiary alicyclic amines) is 1. The number of carbonyl (C=O) groups is 2. The number of nitrogens with zero attached hydrogens (tertiary/aromatic N) is 3. The van der Waals surface area contributed by atoms with E-state index in [0.717, 1.165) is 17.5 Å². The van der Waals surface area contributed by atoms with Gasteiger partial charge in [0, 0.05) is 24.6 Å². The number of hydrogen-bond acceptors (Lipinski definition) is 6. The summed E-state index contributed by atoms with van der Waals surface area (Å²) < 4.78 is 5.44. The van der Waals surface area contributed by atoms with Gasteiger partial charge in [-0.1, -0.05) is 6.07 Å². The largest absolute Gasteiger partial charge is 0.507 e. The molecule has 0 unspecified atom stereocenters. The number of Topliss-reactive ketones (excluding diaryl/α,β-unsaturated/α-hetero) is 1. The smallest absolute Gasteiger partial charge is 0.410 e. The van der Waals surface area contributed by atoms with E-state index in [9.17, 15) is 14.7 Å². The molecule has 160 valence electrons. The highest BCUT2D eigenvalue weighted by Gasteiger charge is 2.32. The van der Waals surface area contributed by atoms with Crippen molar-refractivity contribution in [3.63, 3.8) is 0 Å². The van der Waals surface area contributed by atoms with E-state index >= 15 is 0 Å². The van der Waals surface area contributed by atoms with Crippen LogP contribution >= 0.6 is 0 Å². The van der Waals surface area contributed by atoms with Crippen LogP contribution in [0.2, 0.25) is 0 Å². The zero-order valence-corrected chi connectivity index (χ0v) is 18.2. The summed E-state index contributed by atoms with van der Waals surface area (Å²) in [4.78, 5) is 27.0. The molecular formula is C23H29N3O4. The Hall–Kier alpha value is -2.96. The Labute approximate surface area is 177 Å². The second-order valence-electron chi connectivity index (χ2n) is 8.91. The van der Waals surface area contributed by atoms with Crippen molar-refractivity contribution in [3.8, 4) is 17.0 Å². The summed E-state index contributed by atoms with van der Waals surface area (Å²) in [5.41, 5.74) is 2.53. The van der Waals surface area contributed by atoms with Gasteiger partial charge in [-0.15, -0.1) is 10.2 Å². The van der Waals surface area contributed by atoms with E-state index < -0.39 is 11.7 Å². The average molecular weight is 412 g/mol. The van der Waals surface area contributed by atoms with Crippen LogP contribution in [0.1, 0.15) is 55.2 Å². The number of aryl methyl sites for hydroxylation is 2. The molecule has 7 heteroatoms. The molecule has 1 aromatic carbocycles. The number of piperidine rings is 1. The van der Waals surface area contributed by atoms with Crippen molar-refractivity contribution in [3.05, 3.63) is 41.1 Å². The Bertz CT molecular complexity index is 965. The van der Waals surface area contributed by atoms with Gasteiger partial charge in [-0.05, 0) is 76.8 Å². The quantitative estimate of drug-likeness (QED) is 0.757. The van der Waals surface area contributed by atoms with E-state index in [1.807, 2.05) is 40.7 Å². The van der Waals surface area contributed by atoms with E-state index in [0.29, 0.717) is 30.8 Å². The summed E-state index contributed by atoms with van der Waals surface area (Å²) in [6.45, 7) is 10.1. The molecule has 1 N–H and O–H groups in total. The molecular weight excluding hydrogens is 382 g/mol. The fourth-order valence-electron chi connectivity index (χ4n) is 3.61. The van der Waals surface area contributed by atoms with Crippen LogP contribution in [0.5, 0.6) is 5.75 Å². The predicted molar refractivity (Wildman–Crippen MR) is 113 cm³/mol. The van der Waals surface area contributed by atoms with Gasteiger partial charge >= 0.3 is 6.09 Å². The molecule has 0 radical (unpaired) electrons. The Balaban J connectivity index is 1.76.